The number of benzene rings is 8. The van der Waals surface area contributed by atoms with Crippen LogP contribution in [-0.2, 0) is 6.37 Å². The molecule has 0 unspecified atom stereocenters. The van der Waals surface area contributed by atoms with Gasteiger partial charge in [-0.1, -0.05) is 128 Å². The summed E-state index contributed by atoms with van der Waals surface area (Å²) in [4.78, 5) is 4.66. The molecule has 0 saturated carbocycles. The van der Waals surface area contributed by atoms with Gasteiger partial charge in [-0.2, -0.15) is 0 Å². The van der Waals surface area contributed by atoms with Gasteiger partial charge in [-0.25, -0.2) is 4.98 Å². The maximum absolute atomic E-state index is 8.92. The van der Waals surface area contributed by atoms with E-state index in [1.165, 1.54) is 20.2 Å². The number of hydrogen-bond donors (Lipinski definition) is 0. The molecule has 0 aliphatic carbocycles. The highest BCUT2D eigenvalue weighted by Crippen LogP contribution is 2.47. The number of imidazole rings is 1. The molecule has 3 heteroatoms. The molecule has 236 valence electrons. The Hall–Kier alpha value is -6.03. The van der Waals surface area contributed by atoms with Gasteiger partial charge in [-0.05, 0) is 91.8 Å². The van der Waals surface area contributed by atoms with Crippen LogP contribution in [0, 0.1) is 0 Å². The monoisotopic (exact) mass is 661 g/mol. The summed E-state index contributed by atoms with van der Waals surface area (Å²) in [6.45, 7) is -2.95. The lowest BCUT2D eigenvalue weighted by Gasteiger charge is -2.21. The maximum Gasteiger partial charge on any atom is 0.114 e. The number of hydrogen-bond acceptors (Lipinski definition) is 2. The summed E-state index contributed by atoms with van der Waals surface area (Å²) in [5.41, 5.74) is 8.09. The van der Waals surface area contributed by atoms with Gasteiger partial charge in [-0.3, -0.25) is 4.57 Å². The van der Waals surface area contributed by atoms with Gasteiger partial charge >= 0.3 is 0 Å². The molecule has 0 aliphatic rings. The highest BCUT2D eigenvalue weighted by atomic mass is 32.1. The van der Waals surface area contributed by atoms with Crippen LogP contribution in [0.2, 0.25) is 0 Å². The Kier molecular flexibility index (Phi) is 5.58. The first-order valence-corrected chi connectivity index (χ1v) is 17.5. The van der Waals surface area contributed by atoms with Crippen LogP contribution < -0.4 is 0 Å². The molecule has 0 amide bonds. The zero-order valence-corrected chi connectivity index (χ0v) is 27.7. The Morgan fingerprint density at radius 3 is 2.08 bits per heavy atom. The molecule has 0 bridgehead atoms. The zero-order chi connectivity index (χ0) is 37.5. The average Bonchev–Trinajstić information content (AvgIpc) is 3.79. The number of fused-ring (bicyclic) bond motifs is 6. The van der Waals surface area contributed by atoms with Crippen LogP contribution in [-0.4, -0.2) is 9.55 Å². The number of nitrogens with zero attached hydrogens (tertiary/aromatic N) is 2. The van der Waals surface area contributed by atoms with E-state index < -0.39 is 13.2 Å². The fourth-order valence-electron chi connectivity index (χ4n) is 7.71. The van der Waals surface area contributed by atoms with Crippen molar-refractivity contribution >= 4 is 64.1 Å². The van der Waals surface area contributed by atoms with E-state index in [1.807, 2.05) is 59.9 Å². The SMILES string of the molecule is [2H]C([2H])([2H])C([2H])([2H])c1nc2ccccc2n1-c1ccccc1-c1c2ccccc2c(-c2ccc3sc4ccccc4c3c2)c2cc(-c3ccccc3)ccc12. The molecule has 2 nitrogen and oxygen atoms in total. The maximum atomic E-state index is 8.92. The van der Waals surface area contributed by atoms with Crippen LogP contribution in [0.15, 0.2) is 164 Å². The molecular weight excluding hydrogens is 625 g/mol. The van der Waals surface area contributed by atoms with Crippen molar-refractivity contribution in [1.29, 1.82) is 0 Å². The summed E-state index contributed by atoms with van der Waals surface area (Å²) in [6, 6.07) is 56.2. The van der Waals surface area contributed by atoms with E-state index in [2.05, 4.69) is 114 Å². The second-order valence-corrected chi connectivity index (χ2v) is 13.7. The number of thiophene rings is 1. The number of rotatable bonds is 5. The average molecular weight is 662 g/mol. The van der Waals surface area contributed by atoms with Gasteiger partial charge in [0.25, 0.3) is 0 Å². The Morgan fingerprint density at radius 1 is 0.540 bits per heavy atom. The van der Waals surface area contributed by atoms with Crippen LogP contribution in [0.25, 0.3) is 91.8 Å². The fraction of sp³-hybridized carbons (Fsp3) is 0.0426. The molecule has 2 aromatic heterocycles. The second-order valence-electron chi connectivity index (χ2n) is 12.6. The molecule has 2 heterocycles. The molecule has 10 aromatic rings. The number of aryl methyl sites for hydroxylation is 1. The first-order chi connectivity index (χ1) is 26.7. The number of para-hydroxylation sites is 3. The van der Waals surface area contributed by atoms with Crippen molar-refractivity contribution in [1.82, 2.24) is 9.55 Å². The number of aromatic nitrogens is 2. The van der Waals surface area contributed by atoms with Crippen LogP contribution in [0.4, 0.5) is 0 Å². The van der Waals surface area contributed by atoms with Gasteiger partial charge in [0.1, 0.15) is 5.82 Å². The van der Waals surface area contributed by atoms with E-state index in [9.17, 15) is 0 Å². The molecule has 0 saturated heterocycles. The predicted molar refractivity (Wildman–Crippen MR) is 215 cm³/mol. The van der Waals surface area contributed by atoms with E-state index in [0.29, 0.717) is 16.7 Å². The topological polar surface area (TPSA) is 17.8 Å². The summed E-state index contributed by atoms with van der Waals surface area (Å²) in [5, 5.41) is 6.70. The van der Waals surface area contributed by atoms with Crippen LogP contribution >= 0.6 is 11.3 Å². The van der Waals surface area contributed by atoms with E-state index in [1.54, 1.807) is 10.6 Å². The van der Waals surface area contributed by atoms with E-state index in [4.69, 9.17) is 6.85 Å². The normalized spacial score (nSPS) is 13.8. The van der Waals surface area contributed by atoms with Gasteiger partial charge in [0, 0.05) is 39.0 Å². The lowest BCUT2D eigenvalue weighted by Crippen LogP contribution is -2.03. The molecule has 0 fully saturated rings. The highest BCUT2D eigenvalue weighted by molar-refractivity contribution is 7.25. The van der Waals surface area contributed by atoms with E-state index in [0.717, 1.165) is 54.9 Å². The highest BCUT2D eigenvalue weighted by Gasteiger charge is 2.22. The lowest BCUT2D eigenvalue weighted by atomic mass is 9.84. The molecule has 50 heavy (non-hydrogen) atoms. The third-order valence-corrected chi connectivity index (χ3v) is 11.0. The van der Waals surface area contributed by atoms with Crippen molar-refractivity contribution in [3.63, 3.8) is 0 Å². The van der Waals surface area contributed by atoms with E-state index in [-0.39, 0.29) is 5.82 Å². The third-order valence-electron chi connectivity index (χ3n) is 9.88. The van der Waals surface area contributed by atoms with Crippen molar-refractivity contribution < 1.29 is 6.85 Å². The summed E-state index contributed by atoms with van der Waals surface area (Å²) in [6.07, 6.45) is -2.73. The Bertz CT molecular complexity index is 3120. The van der Waals surface area contributed by atoms with Crippen LogP contribution in [0.3, 0.4) is 0 Å². The molecule has 0 atom stereocenters. The molecule has 0 aliphatic heterocycles. The smallest absolute Gasteiger partial charge is 0.114 e. The van der Waals surface area contributed by atoms with Crippen LogP contribution in [0.1, 0.15) is 19.5 Å². The largest absolute Gasteiger partial charge is 0.296 e. The minimum Gasteiger partial charge on any atom is -0.296 e. The molecule has 0 radical (unpaired) electrons. The lowest BCUT2D eigenvalue weighted by molar-refractivity contribution is 0.909. The first kappa shape index (κ1) is 24.2. The molecular formula is C47H32N2S. The van der Waals surface area contributed by atoms with E-state index >= 15 is 0 Å². The van der Waals surface area contributed by atoms with Gasteiger partial charge in [0.15, 0.2) is 0 Å². The summed E-state index contributed by atoms with van der Waals surface area (Å²) in [5.74, 6) is -0.158. The molecule has 0 spiro atoms. The summed E-state index contributed by atoms with van der Waals surface area (Å²) >= 11 is 1.81. The van der Waals surface area contributed by atoms with Gasteiger partial charge < -0.3 is 0 Å². The standard InChI is InChI=1S/C47H32N2S/c1-2-45-48-40-20-10-12-22-42(40)49(45)41-21-11-8-19-37(41)47-35-18-7-6-17-34(35)46(39-28-31(24-26-36(39)47)30-14-4-3-5-15-30)32-25-27-44-38(29-32)33-16-9-13-23-43(33)50-44/h3-29H,2H2,1H3/i1D3,2D2. The van der Waals surface area contributed by atoms with Crippen LogP contribution in [0.5, 0.6) is 0 Å². The third kappa shape index (κ3) is 4.44. The Morgan fingerprint density at radius 2 is 1.20 bits per heavy atom. The van der Waals surface area contributed by atoms with Gasteiger partial charge in [-0.15, -0.1) is 11.3 Å². The van der Waals surface area contributed by atoms with Crippen molar-refractivity contribution in [2.45, 2.75) is 13.2 Å². The summed E-state index contributed by atoms with van der Waals surface area (Å²) < 4.78 is 46.7. The molecule has 8 aromatic carbocycles. The van der Waals surface area contributed by atoms with Crippen molar-refractivity contribution in [2.24, 2.45) is 0 Å². The van der Waals surface area contributed by atoms with Gasteiger partial charge in [0.05, 0.1) is 16.7 Å². The second kappa shape index (κ2) is 11.5. The Labute approximate surface area is 301 Å². The van der Waals surface area contributed by atoms with Crippen molar-refractivity contribution in [2.75, 3.05) is 0 Å². The fourth-order valence-corrected chi connectivity index (χ4v) is 8.79. The molecule has 0 N–H and O–H groups in total. The van der Waals surface area contributed by atoms with Crippen molar-refractivity contribution in [3.05, 3.63) is 170 Å². The predicted octanol–water partition coefficient (Wildman–Crippen LogP) is 13.3. The minimum atomic E-state index is -2.95. The van der Waals surface area contributed by atoms with Crippen molar-refractivity contribution in [3.8, 4) is 39.1 Å². The minimum absolute atomic E-state index is 0.158. The van der Waals surface area contributed by atoms with Gasteiger partial charge in [0.2, 0.25) is 0 Å². The first-order valence-electron chi connectivity index (χ1n) is 19.2. The summed E-state index contributed by atoms with van der Waals surface area (Å²) in [7, 11) is 0. The Balaban J connectivity index is 1.33. The molecule has 10 rings (SSSR count). The quantitative estimate of drug-likeness (QED) is 0.168. The zero-order valence-electron chi connectivity index (χ0n) is 31.9.